The van der Waals surface area contributed by atoms with Gasteiger partial charge in [0.05, 0.1) is 0 Å². The smallest absolute Gasteiger partial charge is 0.323 e. The van der Waals surface area contributed by atoms with Gasteiger partial charge in [-0.25, -0.2) is 0 Å². The Morgan fingerprint density at radius 3 is 2.74 bits per heavy atom. The summed E-state index contributed by atoms with van der Waals surface area (Å²) in [4.78, 5) is 28.2. The minimum absolute atomic E-state index is 0.110. The van der Waals surface area contributed by atoms with Gasteiger partial charge in [-0.05, 0) is 26.2 Å². The summed E-state index contributed by atoms with van der Waals surface area (Å²) in [6.07, 6.45) is 3.25. The molecule has 1 aliphatic rings. The Balaban J connectivity index is 1.77. The van der Waals surface area contributed by atoms with E-state index in [2.05, 4.69) is 10.1 Å². The molecule has 1 aromatic heterocycles. The van der Waals surface area contributed by atoms with Gasteiger partial charge in [-0.3, -0.25) is 9.59 Å². The zero-order valence-electron chi connectivity index (χ0n) is 10.8. The quantitative estimate of drug-likeness (QED) is 0.784. The third-order valence-electron chi connectivity index (χ3n) is 2.96. The Morgan fingerprint density at radius 1 is 1.47 bits per heavy atom. The summed E-state index contributed by atoms with van der Waals surface area (Å²) in [5.41, 5.74) is 0. The average molecular weight is 267 g/mol. The summed E-state index contributed by atoms with van der Waals surface area (Å²) in [5, 5.41) is 12.5. The van der Waals surface area contributed by atoms with Crippen molar-refractivity contribution in [3.63, 3.8) is 0 Å². The Kier molecular flexibility index (Phi) is 4.13. The van der Waals surface area contributed by atoms with Crippen molar-refractivity contribution >= 4 is 11.9 Å². The molecule has 19 heavy (non-hydrogen) atoms. The van der Waals surface area contributed by atoms with E-state index in [0.29, 0.717) is 31.0 Å². The van der Waals surface area contributed by atoms with Crippen LogP contribution >= 0.6 is 0 Å². The number of carboxylic acid groups (broad SMARTS) is 1. The molecular formula is C12H17N3O4. The summed E-state index contributed by atoms with van der Waals surface area (Å²) < 4.78 is 4.95. The highest BCUT2D eigenvalue weighted by atomic mass is 16.5. The first-order chi connectivity index (χ1) is 9.06. The molecule has 7 heteroatoms. The van der Waals surface area contributed by atoms with Crippen molar-refractivity contribution in [1.29, 1.82) is 0 Å². The molecule has 1 aliphatic carbocycles. The SMILES string of the molecule is Cc1noc(CCCC(=O)N(CC(=O)O)C2CC2)n1. The van der Waals surface area contributed by atoms with Gasteiger partial charge < -0.3 is 14.5 Å². The van der Waals surface area contributed by atoms with Crippen molar-refractivity contribution < 1.29 is 19.2 Å². The third-order valence-corrected chi connectivity index (χ3v) is 2.96. The number of carboxylic acids is 1. The number of aromatic nitrogens is 2. The molecule has 1 amide bonds. The first kappa shape index (κ1) is 13.5. The molecule has 1 N–H and O–H groups in total. The molecule has 7 nitrogen and oxygen atoms in total. The highest BCUT2D eigenvalue weighted by Gasteiger charge is 2.33. The maximum atomic E-state index is 12.0. The number of hydrogen-bond acceptors (Lipinski definition) is 5. The number of amides is 1. The summed E-state index contributed by atoms with van der Waals surface area (Å²) in [7, 11) is 0. The number of hydrogen-bond donors (Lipinski definition) is 1. The van der Waals surface area contributed by atoms with Crippen LogP contribution in [0.3, 0.4) is 0 Å². The molecule has 0 bridgehead atoms. The van der Waals surface area contributed by atoms with Gasteiger partial charge in [0.25, 0.3) is 0 Å². The zero-order valence-corrected chi connectivity index (χ0v) is 10.8. The maximum Gasteiger partial charge on any atom is 0.323 e. The topological polar surface area (TPSA) is 96.5 Å². The van der Waals surface area contributed by atoms with E-state index >= 15 is 0 Å². The van der Waals surface area contributed by atoms with Crippen molar-refractivity contribution in [3.05, 3.63) is 11.7 Å². The fraction of sp³-hybridized carbons (Fsp3) is 0.667. The highest BCUT2D eigenvalue weighted by molar-refractivity contribution is 5.81. The number of nitrogens with zero attached hydrogens (tertiary/aromatic N) is 3. The van der Waals surface area contributed by atoms with Gasteiger partial charge in [0.15, 0.2) is 5.82 Å². The maximum absolute atomic E-state index is 12.0. The van der Waals surface area contributed by atoms with Crippen LogP contribution < -0.4 is 0 Å². The zero-order chi connectivity index (χ0) is 13.8. The number of rotatable bonds is 7. The fourth-order valence-electron chi connectivity index (χ4n) is 1.93. The number of aryl methyl sites for hydroxylation is 2. The predicted molar refractivity (Wildman–Crippen MR) is 64.3 cm³/mol. The molecule has 0 aliphatic heterocycles. The van der Waals surface area contributed by atoms with E-state index in [-0.39, 0.29) is 18.5 Å². The van der Waals surface area contributed by atoms with E-state index in [4.69, 9.17) is 9.63 Å². The van der Waals surface area contributed by atoms with E-state index in [1.54, 1.807) is 6.92 Å². The van der Waals surface area contributed by atoms with Gasteiger partial charge in [0.1, 0.15) is 6.54 Å². The summed E-state index contributed by atoms with van der Waals surface area (Å²) in [5.74, 6) is 0.0160. The van der Waals surface area contributed by atoms with E-state index in [1.807, 2.05) is 0 Å². The first-order valence-electron chi connectivity index (χ1n) is 6.36. The molecule has 0 saturated heterocycles. The van der Waals surface area contributed by atoms with Crippen LogP contribution in [0.25, 0.3) is 0 Å². The number of carbonyl (C=O) groups is 2. The van der Waals surface area contributed by atoms with E-state index < -0.39 is 5.97 Å². The second-order valence-corrected chi connectivity index (χ2v) is 4.74. The van der Waals surface area contributed by atoms with E-state index in [1.165, 1.54) is 4.90 Å². The molecule has 0 spiro atoms. The van der Waals surface area contributed by atoms with Gasteiger partial charge >= 0.3 is 5.97 Å². The van der Waals surface area contributed by atoms with Crippen molar-refractivity contribution in [1.82, 2.24) is 15.0 Å². The molecule has 0 aromatic carbocycles. The molecule has 2 rings (SSSR count). The van der Waals surface area contributed by atoms with Gasteiger partial charge in [-0.2, -0.15) is 4.98 Å². The van der Waals surface area contributed by atoms with E-state index in [9.17, 15) is 9.59 Å². The minimum atomic E-state index is -0.965. The fourth-order valence-corrected chi connectivity index (χ4v) is 1.93. The molecule has 1 aromatic rings. The first-order valence-corrected chi connectivity index (χ1v) is 6.36. The van der Waals surface area contributed by atoms with Gasteiger partial charge in [-0.1, -0.05) is 5.16 Å². The second kappa shape index (κ2) is 5.81. The van der Waals surface area contributed by atoms with Gasteiger partial charge in [-0.15, -0.1) is 0 Å². The summed E-state index contributed by atoms with van der Waals surface area (Å²) >= 11 is 0. The van der Waals surface area contributed by atoms with Gasteiger partial charge in [0.2, 0.25) is 11.8 Å². The molecule has 1 fully saturated rings. The third kappa shape index (κ3) is 4.04. The largest absolute Gasteiger partial charge is 0.480 e. The van der Waals surface area contributed by atoms with Crippen molar-refractivity contribution in [3.8, 4) is 0 Å². The Morgan fingerprint density at radius 2 is 2.21 bits per heavy atom. The summed E-state index contributed by atoms with van der Waals surface area (Å²) in [6.45, 7) is 1.53. The molecule has 0 unspecified atom stereocenters. The minimum Gasteiger partial charge on any atom is -0.480 e. The molecule has 0 radical (unpaired) electrons. The Bertz CT molecular complexity index is 467. The predicted octanol–water partition coefficient (Wildman–Crippen LogP) is 0.776. The molecule has 104 valence electrons. The molecular weight excluding hydrogens is 250 g/mol. The standard InChI is InChI=1S/C12H17N3O4/c1-8-13-10(19-14-8)3-2-4-11(16)15(7-12(17)18)9-5-6-9/h9H,2-7H2,1H3,(H,17,18). The Hall–Kier alpha value is -1.92. The van der Waals surface area contributed by atoms with Crippen molar-refractivity contribution in [2.24, 2.45) is 0 Å². The summed E-state index contributed by atoms with van der Waals surface area (Å²) in [6, 6.07) is 0.120. The lowest BCUT2D eigenvalue weighted by atomic mass is 10.2. The lowest BCUT2D eigenvalue weighted by Gasteiger charge is -2.19. The van der Waals surface area contributed by atoms with Crippen LogP contribution in [0.2, 0.25) is 0 Å². The normalized spacial score (nSPS) is 14.4. The van der Waals surface area contributed by atoms with Crippen LogP contribution in [0.4, 0.5) is 0 Å². The second-order valence-electron chi connectivity index (χ2n) is 4.74. The monoisotopic (exact) mass is 267 g/mol. The van der Waals surface area contributed by atoms with Crippen LogP contribution in [0.5, 0.6) is 0 Å². The Labute approximate surface area is 110 Å². The highest BCUT2D eigenvalue weighted by Crippen LogP contribution is 2.27. The van der Waals surface area contributed by atoms with Crippen LogP contribution in [0, 0.1) is 6.92 Å². The molecule has 1 heterocycles. The molecule has 0 atom stereocenters. The number of aliphatic carboxylic acids is 1. The number of carbonyl (C=O) groups excluding carboxylic acids is 1. The van der Waals surface area contributed by atoms with Crippen LogP contribution in [-0.2, 0) is 16.0 Å². The van der Waals surface area contributed by atoms with Crippen LogP contribution in [0.1, 0.15) is 37.4 Å². The molecule has 1 saturated carbocycles. The van der Waals surface area contributed by atoms with Crippen LogP contribution in [-0.4, -0.2) is 44.6 Å². The average Bonchev–Trinajstić information content (AvgIpc) is 3.10. The van der Waals surface area contributed by atoms with Crippen LogP contribution in [0.15, 0.2) is 4.52 Å². The van der Waals surface area contributed by atoms with E-state index in [0.717, 1.165) is 12.8 Å². The van der Waals surface area contributed by atoms with Crippen molar-refractivity contribution in [2.75, 3.05) is 6.54 Å². The lowest BCUT2D eigenvalue weighted by molar-refractivity contribution is -0.145. The lowest BCUT2D eigenvalue weighted by Crippen LogP contribution is -2.37. The van der Waals surface area contributed by atoms with Crippen molar-refractivity contribution in [2.45, 2.75) is 45.1 Å². The van der Waals surface area contributed by atoms with Gasteiger partial charge in [0, 0.05) is 18.9 Å².